The molecule has 1 aromatic heterocycles. The highest BCUT2D eigenvalue weighted by Gasteiger charge is 2.38. The van der Waals surface area contributed by atoms with Gasteiger partial charge in [-0.15, -0.1) is 0 Å². The smallest absolute Gasteiger partial charge is 0.126 e. The zero-order valence-corrected chi connectivity index (χ0v) is 17.2. The summed E-state index contributed by atoms with van der Waals surface area (Å²) < 4.78 is 6.30. The Balaban J connectivity index is 1.26. The second-order valence-corrected chi connectivity index (χ2v) is 9.42. The van der Waals surface area contributed by atoms with Crippen LogP contribution >= 0.6 is 0 Å². The van der Waals surface area contributed by atoms with Gasteiger partial charge in [0.2, 0.25) is 0 Å². The first-order chi connectivity index (χ1) is 13.8. The number of hydrogen-bond acceptors (Lipinski definition) is 3. The fourth-order valence-electron chi connectivity index (χ4n) is 5.98. The van der Waals surface area contributed by atoms with Crippen LogP contribution in [-0.2, 0) is 0 Å². The number of nitrogens with zero attached hydrogens (tertiary/aromatic N) is 1. The second-order valence-electron chi connectivity index (χ2n) is 9.42. The molecule has 2 atom stereocenters. The maximum absolute atomic E-state index is 6.30. The molecule has 0 saturated heterocycles. The summed E-state index contributed by atoms with van der Waals surface area (Å²) in [5, 5.41) is 4.96. The van der Waals surface area contributed by atoms with Gasteiger partial charge in [-0.2, -0.15) is 0 Å². The Bertz CT molecular complexity index is 795. The number of benzene rings is 1. The van der Waals surface area contributed by atoms with Crippen molar-refractivity contribution < 1.29 is 4.74 Å². The highest BCUT2D eigenvalue weighted by Crippen LogP contribution is 2.43. The largest absolute Gasteiger partial charge is 0.490 e. The predicted octanol–water partition coefficient (Wildman–Crippen LogP) is 6.57. The summed E-state index contributed by atoms with van der Waals surface area (Å²) >= 11 is 0. The molecule has 3 fully saturated rings. The Morgan fingerprint density at radius 1 is 0.929 bits per heavy atom. The van der Waals surface area contributed by atoms with Gasteiger partial charge in [-0.1, -0.05) is 19.8 Å². The zero-order valence-electron chi connectivity index (χ0n) is 17.2. The maximum atomic E-state index is 6.30. The second kappa shape index (κ2) is 7.93. The van der Waals surface area contributed by atoms with Crippen LogP contribution in [0.3, 0.4) is 0 Å². The van der Waals surface area contributed by atoms with Crippen LogP contribution in [0.1, 0.15) is 71.1 Å². The predicted molar refractivity (Wildman–Crippen MR) is 116 cm³/mol. The summed E-state index contributed by atoms with van der Waals surface area (Å²) in [5.41, 5.74) is 1.06. The molecule has 0 aliphatic heterocycles. The monoisotopic (exact) mass is 378 g/mol. The van der Waals surface area contributed by atoms with E-state index in [9.17, 15) is 0 Å². The van der Waals surface area contributed by atoms with E-state index < -0.39 is 0 Å². The normalized spacial score (nSPS) is 32.4. The summed E-state index contributed by atoms with van der Waals surface area (Å²) in [5.74, 6) is 4.67. The van der Waals surface area contributed by atoms with E-state index in [-0.39, 0.29) is 0 Å². The molecule has 5 rings (SSSR count). The first-order valence-electron chi connectivity index (χ1n) is 11.6. The number of pyridine rings is 1. The van der Waals surface area contributed by atoms with Crippen LogP contribution in [0.25, 0.3) is 10.9 Å². The number of ether oxygens (including phenoxy) is 1. The van der Waals surface area contributed by atoms with Crippen LogP contribution in [0.2, 0.25) is 0 Å². The molecule has 28 heavy (non-hydrogen) atoms. The summed E-state index contributed by atoms with van der Waals surface area (Å²) in [6, 6.07) is 11.4. The van der Waals surface area contributed by atoms with E-state index in [2.05, 4.69) is 42.6 Å². The highest BCUT2D eigenvalue weighted by atomic mass is 16.5. The lowest BCUT2D eigenvalue weighted by molar-refractivity contribution is 0.130. The lowest BCUT2D eigenvalue weighted by atomic mass is 9.84. The maximum Gasteiger partial charge on any atom is 0.126 e. The van der Waals surface area contributed by atoms with Crippen molar-refractivity contribution in [1.29, 1.82) is 0 Å². The van der Waals surface area contributed by atoms with Crippen LogP contribution in [-0.4, -0.2) is 17.1 Å². The van der Waals surface area contributed by atoms with Gasteiger partial charge >= 0.3 is 0 Å². The minimum Gasteiger partial charge on any atom is -0.490 e. The topological polar surface area (TPSA) is 34.1 Å². The third-order valence-electron chi connectivity index (χ3n) is 7.72. The molecule has 3 heteroatoms. The van der Waals surface area contributed by atoms with Crippen LogP contribution < -0.4 is 10.1 Å². The van der Waals surface area contributed by atoms with Gasteiger partial charge in [0.1, 0.15) is 11.6 Å². The third-order valence-corrected chi connectivity index (χ3v) is 7.72. The molecule has 1 aromatic carbocycles. The Hall–Kier alpha value is -1.77. The molecule has 0 radical (unpaired) electrons. The van der Waals surface area contributed by atoms with Gasteiger partial charge in [0.25, 0.3) is 0 Å². The molecule has 2 aromatic rings. The van der Waals surface area contributed by atoms with Crippen molar-refractivity contribution in [3.63, 3.8) is 0 Å². The Kier molecular flexibility index (Phi) is 5.17. The fourth-order valence-corrected chi connectivity index (χ4v) is 5.98. The molecule has 2 bridgehead atoms. The average Bonchev–Trinajstić information content (AvgIpc) is 2.95. The van der Waals surface area contributed by atoms with Gasteiger partial charge in [-0.3, -0.25) is 0 Å². The van der Waals surface area contributed by atoms with Gasteiger partial charge in [0, 0.05) is 11.4 Å². The van der Waals surface area contributed by atoms with Crippen molar-refractivity contribution in [3.05, 3.63) is 30.3 Å². The highest BCUT2D eigenvalue weighted by molar-refractivity contribution is 5.81. The van der Waals surface area contributed by atoms with E-state index in [1.54, 1.807) is 0 Å². The van der Waals surface area contributed by atoms with Crippen molar-refractivity contribution in [2.24, 2.45) is 17.8 Å². The standard InChI is InChI=1S/C25H34N2O/c1-2-17-6-11-21(12-7-17)28-22-13-14-23-20(16-22)10-15-24(26-23)27-25-18-4-3-5-19(25)9-8-18/h10,13-19,21,25H,2-9,11-12H2,1H3,(H,26,27). The summed E-state index contributed by atoms with van der Waals surface area (Å²) in [6.45, 7) is 2.31. The van der Waals surface area contributed by atoms with E-state index in [0.717, 1.165) is 34.8 Å². The quantitative estimate of drug-likeness (QED) is 0.638. The number of anilines is 1. The number of hydrogen-bond donors (Lipinski definition) is 1. The van der Waals surface area contributed by atoms with Crippen LogP contribution in [0.5, 0.6) is 5.75 Å². The van der Waals surface area contributed by atoms with Crippen molar-refractivity contribution in [2.75, 3.05) is 5.32 Å². The van der Waals surface area contributed by atoms with Crippen molar-refractivity contribution in [2.45, 2.75) is 83.3 Å². The molecule has 3 aliphatic carbocycles. The van der Waals surface area contributed by atoms with Crippen LogP contribution in [0.4, 0.5) is 5.82 Å². The number of fused-ring (bicyclic) bond motifs is 3. The van der Waals surface area contributed by atoms with Gasteiger partial charge in [0.05, 0.1) is 11.6 Å². The number of aromatic nitrogens is 1. The van der Waals surface area contributed by atoms with Crippen molar-refractivity contribution in [3.8, 4) is 5.75 Å². The van der Waals surface area contributed by atoms with Gasteiger partial charge in [-0.25, -0.2) is 4.98 Å². The van der Waals surface area contributed by atoms with Crippen molar-refractivity contribution >= 4 is 16.7 Å². The van der Waals surface area contributed by atoms with Crippen LogP contribution in [0, 0.1) is 17.8 Å². The van der Waals surface area contributed by atoms with E-state index in [1.807, 2.05) is 0 Å². The first kappa shape index (κ1) is 18.3. The van der Waals surface area contributed by atoms with E-state index >= 15 is 0 Å². The molecule has 1 heterocycles. The molecule has 0 spiro atoms. The van der Waals surface area contributed by atoms with E-state index in [4.69, 9.17) is 9.72 Å². The Labute approximate surface area is 169 Å². The van der Waals surface area contributed by atoms with E-state index in [0.29, 0.717) is 12.1 Å². The number of rotatable bonds is 5. The molecule has 0 amide bonds. The minimum atomic E-state index is 0.385. The molecular weight excluding hydrogens is 344 g/mol. The first-order valence-corrected chi connectivity index (χ1v) is 11.6. The van der Waals surface area contributed by atoms with E-state index in [1.165, 1.54) is 69.6 Å². The zero-order chi connectivity index (χ0) is 18.9. The summed E-state index contributed by atoms with van der Waals surface area (Å²) in [7, 11) is 0. The molecule has 3 saturated carbocycles. The third kappa shape index (κ3) is 3.73. The molecular formula is C25H34N2O. The van der Waals surface area contributed by atoms with Gasteiger partial charge < -0.3 is 10.1 Å². The summed E-state index contributed by atoms with van der Waals surface area (Å²) in [6.07, 6.45) is 13.7. The lowest BCUT2D eigenvalue weighted by Crippen LogP contribution is -2.33. The van der Waals surface area contributed by atoms with Crippen molar-refractivity contribution in [1.82, 2.24) is 4.98 Å². The molecule has 150 valence electrons. The fraction of sp³-hybridized carbons (Fsp3) is 0.640. The molecule has 3 nitrogen and oxygen atoms in total. The summed E-state index contributed by atoms with van der Waals surface area (Å²) in [4.78, 5) is 4.91. The average molecular weight is 379 g/mol. The Morgan fingerprint density at radius 2 is 1.71 bits per heavy atom. The van der Waals surface area contributed by atoms with Gasteiger partial charge in [0.15, 0.2) is 0 Å². The number of nitrogens with one attached hydrogen (secondary N) is 1. The molecule has 3 aliphatic rings. The lowest BCUT2D eigenvalue weighted by Gasteiger charge is -2.31. The molecule has 1 N–H and O–H groups in total. The minimum absolute atomic E-state index is 0.385. The molecule has 2 unspecified atom stereocenters. The SMILES string of the molecule is CCC1CCC(Oc2ccc3nc(NC4C5CCCC4CC5)ccc3c2)CC1. The van der Waals surface area contributed by atoms with Gasteiger partial charge in [-0.05, 0) is 99.5 Å². The van der Waals surface area contributed by atoms with Crippen LogP contribution in [0.15, 0.2) is 30.3 Å². The Morgan fingerprint density at radius 3 is 2.46 bits per heavy atom.